The van der Waals surface area contributed by atoms with Gasteiger partial charge in [0.15, 0.2) is 0 Å². The van der Waals surface area contributed by atoms with Crippen LogP contribution in [-0.2, 0) is 10.0 Å². The molecule has 1 aromatic rings. The summed E-state index contributed by atoms with van der Waals surface area (Å²) in [5.41, 5.74) is 0.671. The van der Waals surface area contributed by atoms with Gasteiger partial charge in [0.25, 0.3) is 10.0 Å². The summed E-state index contributed by atoms with van der Waals surface area (Å²) in [6.07, 6.45) is 1.19. The number of hydrogen-bond donors (Lipinski definition) is 1. The molecule has 1 saturated heterocycles. The Morgan fingerprint density at radius 3 is 2.85 bits per heavy atom. The zero-order chi connectivity index (χ0) is 14.9. The standard InChI is InChI=1S/C11H14BrClN2O3S2/c1-2-7-6-15(4-3-9(7)14-16)20(17,18)10-5-8(13)11(12)19-10/h5,7,16H,2-4,6H2,1H3. The maximum Gasteiger partial charge on any atom is 0.252 e. The molecule has 0 radical (unpaired) electrons. The average molecular weight is 402 g/mol. The topological polar surface area (TPSA) is 70.0 Å². The number of piperidine rings is 1. The first-order chi connectivity index (χ1) is 9.40. The van der Waals surface area contributed by atoms with Gasteiger partial charge in [-0.2, -0.15) is 4.31 Å². The van der Waals surface area contributed by atoms with Crippen LogP contribution in [-0.4, -0.2) is 36.7 Å². The molecular weight excluding hydrogens is 388 g/mol. The van der Waals surface area contributed by atoms with Crippen molar-refractivity contribution in [3.05, 3.63) is 14.9 Å². The van der Waals surface area contributed by atoms with Crippen LogP contribution in [0, 0.1) is 5.92 Å². The normalized spacial score (nSPS) is 23.4. The number of thiophene rings is 1. The maximum atomic E-state index is 12.6. The van der Waals surface area contributed by atoms with Crippen molar-refractivity contribution >= 4 is 54.6 Å². The molecule has 1 aliphatic heterocycles. The summed E-state index contributed by atoms with van der Waals surface area (Å²) in [6, 6.07) is 1.46. The van der Waals surface area contributed by atoms with E-state index in [-0.39, 0.29) is 10.1 Å². The summed E-state index contributed by atoms with van der Waals surface area (Å²) in [4.78, 5) is 0. The minimum atomic E-state index is -3.54. The van der Waals surface area contributed by atoms with Gasteiger partial charge in [-0.1, -0.05) is 23.7 Å². The van der Waals surface area contributed by atoms with Crippen LogP contribution in [0.5, 0.6) is 0 Å². The van der Waals surface area contributed by atoms with Crippen molar-refractivity contribution in [2.45, 2.75) is 24.0 Å². The highest BCUT2D eigenvalue weighted by Crippen LogP contribution is 2.36. The molecule has 1 fully saturated rings. The summed E-state index contributed by atoms with van der Waals surface area (Å²) in [7, 11) is -3.54. The van der Waals surface area contributed by atoms with Gasteiger partial charge in [-0.3, -0.25) is 0 Å². The van der Waals surface area contributed by atoms with Crippen molar-refractivity contribution in [2.24, 2.45) is 11.1 Å². The van der Waals surface area contributed by atoms with E-state index in [2.05, 4.69) is 21.1 Å². The third-order valence-corrected chi connectivity index (χ3v) is 8.14. The number of halogens is 2. The van der Waals surface area contributed by atoms with E-state index in [4.69, 9.17) is 16.8 Å². The fourth-order valence-corrected chi connectivity index (χ4v) is 6.22. The van der Waals surface area contributed by atoms with Gasteiger partial charge in [-0.05, 0) is 28.4 Å². The quantitative estimate of drug-likeness (QED) is 0.623. The number of oxime groups is 1. The molecule has 1 unspecified atom stereocenters. The fraction of sp³-hybridized carbons (Fsp3) is 0.545. The molecule has 0 aromatic carbocycles. The van der Waals surface area contributed by atoms with Gasteiger partial charge >= 0.3 is 0 Å². The second-order valence-electron chi connectivity index (χ2n) is 4.50. The molecule has 1 atom stereocenters. The predicted octanol–water partition coefficient (Wildman–Crippen LogP) is 3.41. The van der Waals surface area contributed by atoms with Crippen molar-refractivity contribution < 1.29 is 13.6 Å². The summed E-state index contributed by atoms with van der Waals surface area (Å²) < 4.78 is 27.4. The molecule has 1 aromatic heterocycles. The third-order valence-electron chi connectivity index (χ3n) is 3.35. The number of rotatable bonds is 3. The van der Waals surface area contributed by atoms with E-state index in [1.54, 1.807) is 0 Å². The molecule has 1 N–H and O–H groups in total. The van der Waals surface area contributed by atoms with Gasteiger partial charge in [-0.25, -0.2) is 8.42 Å². The Hall–Kier alpha value is -0.150. The average Bonchev–Trinajstić information content (AvgIpc) is 2.78. The molecule has 0 saturated carbocycles. The Morgan fingerprint density at radius 2 is 2.35 bits per heavy atom. The highest BCUT2D eigenvalue weighted by Gasteiger charge is 2.34. The first-order valence-electron chi connectivity index (χ1n) is 6.06. The van der Waals surface area contributed by atoms with E-state index in [1.807, 2.05) is 6.92 Å². The lowest BCUT2D eigenvalue weighted by atomic mass is 9.95. The lowest BCUT2D eigenvalue weighted by Gasteiger charge is -2.31. The van der Waals surface area contributed by atoms with E-state index >= 15 is 0 Å². The zero-order valence-corrected chi connectivity index (χ0v) is 14.7. The molecule has 20 heavy (non-hydrogen) atoms. The van der Waals surface area contributed by atoms with E-state index in [9.17, 15) is 8.42 Å². The zero-order valence-electron chi connectivity index (χ0n) is 10.7. The molecule has 5 nitrogen and oxygen atoms in total. The number of sulfonamides is 1. The van der Waals surface area contributed by atoms with Crippen LogP contribution >= 0.6 is 38.9 Å². The van der Waals surface area contributed by atoms with Crippen molar-refractivity contribution in [3.63, 3.8) is 0 Å². The van der Waals surface area contributed by atoms with Crippen LogP contribution in [0.25, 0.3) is 0 Å². The second kappa shape index (κ2) is 6.31. The van der Waals surface area contributed by atoms with E-state index in [0.29, 0.717) is 34.0 Å². The van der Waals surface area contributed by atoms with Gasteiger partial charge in [0.05, 0.1) is 14.5 Å². The molecule has 1 aliphatic rings. The van der Waals surface area contributed by atoms with Crippen LogP contribution in [0.1, 0.15) is 19.8 Å². The molecule has 0 amide bonds. The van der Waals surface area contributed by atoms with E-state index in [0.717, 1.165) is 17.8 Å². The minimum Gasteiger partial charge on any atom is -0.411 e. The van der Waals surface area contributed by atoms with Gasteiger partial charge in [0, 0.05) is 25.4 Å². The van der Waals surface area contributed by atoms with Gasteiger partial charge < -0.3 is 5.21 Å². The van der Waals surface area contributed by atoms with Crippen LogP contribution < -0.4 is 0 Å². The smallest absolute Gasteiger partial charge is 0.252 e. The fourth-order valence-electron chi connectivity index (χ4n) is 2.18. The predicted molar refractivity (Wildman–Crippen MR) is 83.4 cm³/mol. The minimum absolute atomic E-state index is 0.0394. The lowest BCUT2D eigenvalue weighted by Crippen LogP contribution is -2.43. The number of nitrogens with zero attached hydrogens (tertiary/aromatic N) is 2. The van der Waals surface area contributed by atoms with Crippen LogP contribution in [0.3, 0.4) is 0 Å². The van der Waals surface area contributed by atoms with Crippen molar-refractivity contribution in [2.75, 3.05) is 13.1 Å². The third kappa shape index (κ3) is 3.04. The van der Waals surface area contributed by atoms with Crippen molar-refractivity contribution in [3.8, 4) is 0 Å². The molecule has 0 bridgehead atoms. The first kappa shape index (κ1) is 16.2. The Balaban J connectivity index is 2.27. The number of hydrogen-bond acceptors (Lipinski definition) is 5. The Kier molecular flexibility index (Phi) is 5.12. The lowest BCUT2D eigenvalue weighted by molar-refractivity contribution is 0.296. The molecule has 9 heteroatoms. The Labute approximate surface area is 135 Å². The Morgan fingerprint density at radius 1 is 1.65 bits per heavy atom. The van der Waals surface area contributed by atoms with E-state index in [1.165, 1.54) is 10.4 Å². The van der Waals surface area contributed by atoms with Gasteiger partial charge in [0.1, 0.15) is 4.21 Å². The molecule has 2 heterocycles. The van der Waals surface area contributed by atoms with Gasteiger partial charge in [0.2, 0.25) is 0 Å². The molecule has 0 aliphatic carbocycles. The van der Waals surface area contributed by atoms with Crippen LogP contribution in [0.15, 0.2) is 19.2 Å². The molecule has 2 rings (SSSR count). The molecule has 112 valence electrons. The van der Waals surface area contributed by atoms with Gasteiger partial charge in [-0.15, -0.1) is 11.3 Å². The summed E-state index contributed by atoms with van der Waals surface area (Å²) >= 11 is 10.2. The summed E-state index contributed by atoms with van der Waals surface area (Å²) in [5.74, 6) is -0.0394. The first-order valence-corrected chi connectivity index (χ1v) is 9.48. The molecular formula is C11H14BrClN2O3S2. The van der Waals surface area contributed by atoms with Crippen LogP contribution in [0.2, 0.25) is 5.02 Å². The van der Waals surface area contributed by atoms with E-state index < -0.39 is 10.0 Å². The Bertz CT molecular complexity index is 610. The monoisotopic (exact) mass is 400 g/mol. The second-order valence-corrected chi connectivity index (χ2v) is 9.44. The van der Waals surface area contributed by atoms with Crippen molar-refractivity contribution in [1.82, 2.24) is 4.31 Å². The highest BCUT2D eigenvalue weighted by atomic mass is 79.9. The SMILES string of the molecule is CCC1CN(S(=O)(=O)c2cc(Cl)c(Br)s2)CCC1=NO. The summed E-state index contributed by atoms with van der Waals surface area (Å²) in [5, 5.41) is 12.6. The van der Waals surface area contributed by atoms with Crippen molar-refractivity contribution in [1.29, 1.82) is 0 Å². The maximum absolute atomic E-state index is 12.6. The summed E-state index contributed by atoms with van der Waals surface area (Å²) in [6.45, 7) is 2.61. The highest BCUT2D eigenvalue weighted by molar-refractivity contribution is 9.11. The largest absolute Gasteiger partial charge is 0.411 e. The van der Waals surface area contributed by atoms with Crippen LogP contribution in [0.4, 0.5) is 0 Å². The molecule has 0 spiro atoms.